The van der Waals surface area contributed by atoms with Crippen molar-refractivity contribution in [1.29, 1.82) is 5.26 Å². The van der Waals surface area contributed by atoms with Crippen LogP contribution in [0.5, 0.6) is 5.75 Å². The molecule has 0 aliphatic carbocycles. The molecule has 0 aliphatic heterocycles. The van der Waals surface area contributed by atoms with E-state index in [2.05, 4.69) is 0 Å². The molecular formula is C16H11N3O5. The number of hydrogen-bond acceptors (Lipinski definition) is 6. The Morgan fingerprint density at radius 1 is 1.12 bits per heavy atom. The highest BCUT2D eigenvalue weighted by atomic mass is 16.6. The van der Waals surface area contributed by atoms with E-state index in [1.165, 1.54) is 49.6 Å². The minimum Gasteiger partial charge on any atom is -0.496 e. The molecule has 0 radical (unpaired) electrons. The van der Waals surface area contributed by atoms with Gasteiger partial charge in [-0.25, -0.2) is 0 Å². The van der Waals surface area contributed by atoms with Gasteiger partial charge in [0.25, 0.3) is 11.4 Å². The van der Waals surface area contributed by atoms with Crippen LogP contribution in [0.1, 0.15) is 11.1 Å². The van der Waals surface area contributed by atoms with E-state index in [4.69, 9.17) is 4.74 Å². The molecule has 0 unspecified atom stereocenters. The van der Waals surface area contributed by atoms with Gasteiger partial charge in [0.1, 0.15) is 5.75 Å². The predicted octanol–water partition coefficient (Wildman–Crippen LogP) is 3.58. The molecule has 0 bridgehead atoms. The van der Waals surface area contributed by atoms with Crippen LogP contribution in [0, 0.1) is 31.6 Å². The number of benzene rings is 2. The maximum atomic E-state index is 10.9. The average Bonchev–Trinajstić information content (AvgIpc) is 2.59. The van der Waals surface area contributed by atoms with Crippen molar-refractivity contribution in [2.45, 2.75) is 0 Å². The van der Waals surface area contributed by atoms with Gasteiger partial charge < -0.3 is 4.74 Å². The van der Waals surface area contributed by atoms with Crippen molar-refractivity contribution in [3.05, 3.63) is 73.8 Å². The molecule has 8 heteroatoms. The number of nitrogens with zero attached hydrogens (tertiary/aromatic N) is 3. The van der Waals surface area contributed by atoms with Crippen LogP contribution in [-0.4, -0.2) is 17.0 Å². The Hall–Kier alpha value is -3.73. The third-order valence-electron chi connectivity index (χ3n) is 3.21. The molecule has 0 saturated carbocycles. The van der Waals surface area contributed by atoms with Crippen LogP contribution in [0.4, 0.5) is 11.4 Å². The number of methoxy groups -OCH3 is 1. The summed E-state index contributed by atoms with van der Waals surface area (Å²) in [4.78, 5) is 20.6. The van der Waals surface area contributed by atoms with E-state index < -0.39 is 9.85 Å². The fourth-order valence-corrected chi connectivity index (χ4v) is 2.07. The highest BCUT2D eigenvalue weighted by molar-refractivity contribution is 5.91. The van der Waals surface area contributed by atoms with Gasteiger partial charge >= 0.3 is 0 Å². The van der Waals surface area contributed by atoms with Crippen molar-refractivity contribution in [2.75, 3.05) is 7.11 Å². The van der Waals surface area contributed by atoms with Crippen molar-refractivity contribution < 1.29 is 14.6 Å². The molecule has 120 valence electrons. The maximum Gasteiger partial charge on any atom is 0.270 e. The number of nitriles is 1. The van der Waals surface area contributed by atoms with E-state index in [1.54, 1.807) is 6.07 Å². The lowest BCUT2D eigenvalue weighted by atomic mass is 10.0. The Morgan fingerprint density at radius 3 is 2.38 bits per heavy atom. The summed E-state index contributed by atoms with van der Waals surface area (Å²) in [5.74, 6) is 0.346. The van der Waals surface area contributed by atoms with E-state index >= 15 is 0 Å². The summed E-state index contributed by atoms with van der Waals surface area (Å²) in [5, 5.41) is 31.1. The van der Waals surface area contributed by atoms with Gasteiger partial charge in [-0.2, -0.15) is 5.26 Å². The third-order valence-corrected chi connectivity index (χ3v) is 3.21. The summed E-state index contributed by atoms with van der Waals surface area (Å²) in [7, 11) is 1.40. The minimum atomic E-state index is -0.563. The molecule has 0 N–H and O–H groups in total. The summed E-state index contributed by atoms with van der Waals surface area (Å²) in [6, 6.07) is 11.5. The van der Waals surface area contributed by atoms with Gasteiger partial charge in [0, 0.05) is 29.8 Å². The van der Waals surface area contributed by atoms with Gasteiger partial charge in [0.05, 0.1) is 28.6 Å². The number of nitro groups is 2. The number of hydrogen-bond donors (Lipinski definition) is 0. The Balaban J connectivity index is 2.57. The van der Waals surface area contributed by atoms with E-state index in [1.807, 2.05) is 6.07 Å². The first-order valence-corrected chi connectivity index (χ1v) is 6.65. The predicted molar refractivity (Wildman–Crippen MR) is 86.2 cm³/mol. The van der Waals surface area contributed by atoms with Crippen LogP contribution in [0.25, 0.3) is 11.6 Å². The van der Waals surface area contributed by atoms with Crippen LogP contribution in [0.15, 0.2) is 42.5 Å². The van der Waals surface area contributed by atoms with Gasteiger partial charge in [-0.15, -0.1) is 0 Å². The fraction of sp³-hybridized carbons (Fsp3) is 0.0625. The van der Waals surface area contributed by atoms with Gasteiger partial charge in [0.2, 0.25) is 0 Å². The van der Waals surface area contributed by atoms with Crippen molar-refractivity contribution in [3.8, 4) is 11.8 Å². The van der Waals surface area contributed by atoms with Crippen LogP contribution >= 0.6 is 0 Å². The average molecular weight is 325 g/mol. The van der Waals surface area contributed by atoms with E-state index in [-0.39, 0.29) is 16.9 Å². The monoisotopic (exact) mass is 325 g/mol. The maximum absolute atomic E-state index is 10.9. The van der Waals surface area contributed by atoms with Crippen molar-refractivity contribution in [2.24, 2.45) is 0 Å². The van der Waals surface area contributed by atoms with Crippen LogP contribution < -0.4 is 4.74 Å². The van der Waals surface area contributed by atoms with Crippen LogP contribution in [0.2, 0.25) is 0 Å². The summed E-state index contributed by atoms with van der Waals surface area (Å²) in [6.07, 6.45) is 1.39. The topological polar surface area (TPSA) is 119 Å². The smallest absolute Gasteiger partial charge is 0.270 e. The van der Waals surface area contributed by atoms with Gasteiger partial charge in [-0.3, -0.25) is 20.2 Å². The molecule has 2 aromatic carbocycles. The van der Waals surface area contributed by atoms with Crippen LogP contribution in [-0.2, 0) is 0 Å². The van der Waals surface area contributed by atoms with Crippen molar-refractivity contribution in [1.82, 2.24) is 0 Å². The first-order valence-electron chi connectivity index (χ1n) is 6.65. The summed E-state index contributed by atoms with van der Waals surface area (Å²) in [6.45, 7) is 0. The zero-order valence-electron chi connectivity index (χ0n) is 12.5. The Bertz CT molecular complexity index is 884. The van der Waals surface area contributed by atoms with E-state index in [0.717, 1.165) is 0 Å². The number of nitro benzene ring substituents is 2. The molecule has 0 heterocycles. The molecule has 0 aliphatic rings. The fourth-order valence-electron chi connectivity index (χ4n) is 2.07. The molecule has 0 amide bonds. The molecule has 2 rings (SSSR count). The van der Waals surface area contributed by atoms with Gasteiger partial charge in [-0.05, 0) is 17.7 Å². The number of allylic oxidation sites excluding steroid dienone is 1. The standard InChI is InChI=1S/C16H11N3O5/c1-24-16-6-5-15(19(22)23)9-12(16)7-13(10-17)11-3-2-4-14(8-11)18(20)21/h2-9H,1H3. The second-order valence-corrected chi connectivity index (χ2v) is 4.66. The van der Waals surface area contributed by atoms with Crippen molar-refractivity contribution >= 4 is 23.0 Å². The van der Waals surface area contributed by atoms with Crippen molar-refractivity contribution in [3.63, 3.8) is 0 Å². The second kappa shape index (κ2) is 7.02. The number of non-ortho nitro benzene ring substituents is 2. The lowest BCUT2D eigenvalue weighted by Crippen LogP contribution is -1.93. The second-order valence-electron chi connectivity index (χ2n) is 4.66. The lowest BCUT2D eigenvalue weighted by molar-refractivity contribution is -0.385. The normalized spacial score (nSPS) is 10.8. The zero-order chi connectivity index (χ0) is 17.7. The first-order chi connectivity index (χ1) is 11.5. The molecule has 8 nitrogen and oxygen atoms in total. The minimum absolute atomic E-state index is 0.123. The largest absolute Gasteiger partial charge is 0.496 e. The van der Waals surface area contributed by atoms with Gasteiger partial charge in [-0.1, -0.05) is 12.1 Å². The summed E-state index contributed by atoms with van der Waals surface area (Å²) >= 11 is 0. The molecule has 0 aromatic heterocycles. The first kappa shape index (κ1) is 16.6. The number of ether oxygens (including phenoxy) is 1. The number of rotatable bonds is 5. The summed E-state index contributed by atoms with van der Waals surface area (Å²) < 4.78 is 5.14. The highest BCUT2D eigenvalue weighted by Crippen LogP contribution is 2.29. The highest BCUT2D eigenvalue weighted by Gasteiger charge is 2.13. The van der Waals surface area contributed by atoms with Gasteiger partial charge in [0.15, 0.2) is 0 Å². The Morgan fingerprint density at radius 2 is 1.79 bits per heavy atom. The molecular weight excluding hydrogens is 314 g/mol. The molecule has 24 heavy (non-hydrogen) atoms. The van der Waals surface area contributed by atoms with E-state index in [9.17, 15) is 25.5 Å². The molecule has 0 spiro atoms. The Labute approximate surface area is 136 Å². The summed E-state index contributed by atoms with van der Waals surface area (Å²) in [5.41, 5.74) is 0.477. The molecule has 0 saturated heterocycles. The zero-order valence-corrected chi connectivity index (χ0v) is 12.5. The van der Waals surface area contributed by atoms with E-state index in [0.29, 0.717) is 16.9 Å². The molecule has 0 fully saturated rings. The Kier molecular flexibility index (Phi) is 4.87. The van der Waals surface area contributed by atoms with Crippen LogP contribution in [0.3, 0.4) is 0 Å². The molecule has 0 atom stereocenters. The SMILES string of the molecule is COc1ccc([N+](=O)[O-])cc1C=C(C#N)c1cccc([N+](=O)[O-])c1. The third kappa shape index (κ3) is 3.53. The molecule has 2 aromatic rings. The lowest BCUT2D eigenvalue weighted by Gasteiger charge is -2.06. The quantitative estimate of drug-likeness (QED) is 0.358.